The average Bonchev–Trinajstić information content (AvgIpc) is 4.24. The number of halogens is 6. The molecular weight excluding hydrogens is 1150 g/mol. The normalized spacial score (nSPS) is 13.2. The second-order valence-corrected chi connectivity index (χ2v) is 20.7. The number of nitriles is 1. The van der Waals surface area contributed by atoms with Crippen molar-refractivity contribution >= 4 is 85.9 Å². The van der Waals surface area contributed by atoms with Crippen LogP contribution in [-0.4, -0.2) is 83.0 Å². The van der Waals surface area contributed by atoms with Crippen molar-refractivity contribution < 1.29 is 23.2 Å². The van der Waals surface area contributed by atoms with Crippen molar-refractivity contribution in [1.82, 2.24) is 45.3 Å². The molecule has 3 aromatic heterocycles. The molecule has 80 heavy (non-hydrogen) atoms. The van der Waals surface area contributed by atoms with Crippen molar-refractivity contribution in [1.29, 1.82) is 5.26 Å². The average molecular weight is 1200 g/mol. The van der Waals surface area contributed by atoms with Gasteiger partial charge in [-0.05, 0) is 64.5 Å². The molecule has 3 aliphatic heterocycles. The summed E-state index contributed by atoms with van der Waals surface area (Å²) < 4.78 is 28.1. The third kappa shape index (κ3) is 12.3. The van der Waals surface area contributed by atoms with Crippen LogP contribution < -0.4 is 16.0 Å². The minimum absolute atomic E-state index is 0.144. The number of hydrogen-bond acceptors (Lipinski definition) is 7. The molecule has 0 saturated carbocycles. The van der Waals surface area contributed by atoms with Gasteiger partial charge in [-0.1, -0.05) is 126 Å². The van der Waals surface area contributed by atoms with Crippen molar-refractivity contribution in [3.05, 3.63) is 210 Å². The number of carbonyl (C=O) groups excluding carboxylic acids is 3. The Morgan fingerprint density at radius 3 is 1.43 bits per heavy atom. The molecule has 6 aromatic carbocycles. The predicted molar refractivity (Wildman–Crippen MR) is 308 cm³/mol. The van der Waals surface area contributed by atoms with Gasteiger partial charge in [0.1, 0.15) is 16.9 Å². The van der Waals surface area contributed by atoms with E-state index >= 15 is 0 Å². The molecule has 0 saturated heterocycles. The molecule has 6 amide bonds. The highest BCUT2D eigenvalue weighted by Gasteiger charge is 2.29. The van der Waals surface area contributed by atoms with E-state index in [-0.39, 0.29) is 17.7 Å². The van der Waals surface area contributed by atoms with Crippen molar-refractivity contribution in [3.8, 4) is 39.8 Å². The summed E-state index contributed by atoms with van der Waals surface area (Å²) in [6.45, 7) is 2.96. The molecule has 12 rings (SSSR count). The third-order valence-corrected chi connectivity index (χ3v) is 15.4. The number of amides is 6. The number of aromatic nitrogens is 6. The first-order valence-electron chi connectivity index (χ1n) is 25.1. The van der Waals surface area contributed by atoms with Gasteiger partial charge in [0, 0.05) is 105 Å². The Kier molecular flexibility index (Phi) is 16.9. The summed E-state index contributed by atoms with van der Waals surface area (Å²) in [5.41, 5.74) is 13.0. The highest BCUT2D eigenvalue weighted by Crippen LogP contribution is 2.33. The number of H-pyrrole nitrogens is 3. The van der Waals surface area contributed by atoms with Gasteiger partial charge in [0.25, 0.3) is 0 Å². The fourth-order valence-electron chi connectivity index (χ4n) is 9.41. The van der Waals surface area contributed by atoms with Crippen LogP contribution in [0.15, 0.2) is 144 Å². The topological polar surface area (TPSA) is 207 Å². The molecule has 3 aliphatic rings. The van der Waals surface area contributed by atoms with Gasteiger partial charge in [-0.15, -0.1) is 0 Å². The molecule has 22 heteroatoms. The molecule has 404 valence electrons. The minimum Gasteiger partial charge on any atom is -0.320 e. The molecule has 0 aliphatic carbocycles. The van der Waals surface area contributed by atoms with Gasteiger partial charge in [0.2, 0.25) is 0 Å². The Bertz CT molecular complexity index is 3780. The van der Waals surface area contributed by atoms with Gasteiger partial charge in [0.15, 0.2) is 5.82 Å². The van der Waals surface area contributed by atoms with Gasteiger partial charge in [0.05, 0.1) is 58.7 Å². The van der Waals surface area contributed by atoms with Crippen LogP contribution in [0.5, 0.6) is 0 Å². The lowest BCUT2D eigenvalue weighted by molar-refractivity contribution is 0.205. The summed E-state index contributed by atoms with van der Waals surface area (Å²) in [6.07, 6.45) is 2.06. The van der Waals surface area contributed by atoms with E-state index in [2.05, 4.69) is 68.5 Å². The van der Waals surface area contributed by atoms with E-state index in [1.165, 1.54) is 0 Å². The van der Waals surface area contributed by atoms with Crippen LogP contribution in [-0.2, 0) is 38.9 Å². The van der Waals surface area contributed by atoms with E-state index in [4.69, 9.17) is 34.8 Å². The van der Waals surface area contributed by atoms with Crippen LogP contribution in [0, 0.1) is 23.0 Å². The number of hydrogen-bond donors (Lipinski definition) is 6. The van der Waals surface area contributed by atoms with Crippen LogP contribution in [0.4, 0.5) is 40.2 Å². The van der Waals surface area contributed by atoms with Gasteiger partial charge < -0.3 is 30.7 Å². The van der Waals surface area contributed by atoms with E-state index in [1.807, 2.05) is 103 Å². The van der Waals surface area contributed by atoms with E-state index in [0.717, 1.165) is 90.6 Å². The van der Waals surface area contributed by atoms with Gasteiger partial charge in [-0.25, -0.2) is 23.2 Å². The Hall–Kier alpha value is -8.54. The summed E-state index contributed by atoms with van der Waals surface area (Å²) in [5.74, 6) is -1.86. The maximum atomic E-state index is 14.0. The molecule has 0 spiro atoms. The number of benzene rings is 6. The van der Waals surface area contributed by atoms with E-state index < -0.39 is 22.7 Å². The monoisotopic (exact) mass is 1200 g/mol. The van der Waals surface area contributed by atoms with E-state index in [9.17, 15) is 28.4 Å². The Labute approximate surface area is 481 Å². The lowest BCUT2D eigenvalue weighted by atomic mass is 10.0. The number of aromatic amines is 3. The number of urea groups is 3. The molecule has 6 heterocycles. The lowest BCUT2D eigenvalue weighted by Gasteiger charge is -2.27. The highest BCUT2D eigenvalue weighted by atomic mass is 79.9. The number of rotatable bonds is 6. The minimum atomic E-state index is -0.990. The first-order valence-corrected chi connectivity index (χ1v) is 27.0. The van der Waals surface area contributed by atoms with Crippen molar-refractivity contribution in [2.45, 2.75) is 38.9 Å². The Morgan fingerprint density at radius 2 is 0.988 bits per heavy atom. The summed E-state index contributed by atoms with van der Waals surface area (Å²) in [4.78, 5) is 43.1. The van der Waals surface area contributed by atoms with Crippen molar-refractivity contribution in [3.63, 3.8) is 0 Å². The quantitative estimate of drug-likeness (QED) is 0.0887. The lowest BCUT2D eigenvalue weighted by Crippen LogP contribution is -2.39. The molecule has 0 fully saturated rings. The molecule has 6 N–H and O–H groups in total. The van der Waals surface area contributed by atoms with Gasteiger partial charge >= 0.3 is 18.1 Å². The van der Waals surface area contributed by atoms with E-state index in [1.54, 1.807) is 39.0 Å². The van der Waals surface area contributed by atoms with E-state index in [0.29, 0.717) is 79.1 Å². The maximum absolute atomic E-state index is 14.0. The Balaban J connectivity index is 0.000000135. The fraction of sp³-hybridized carbons (Fsp3) is 0.155. The molecule has 16 nitrogen and oxygen atoms in total. The number of fused-ring (bicyclic) bond motifs is 3. The maximum Gasteiger partial charge on any atom is 0.322 e. The van der Waals surface area contributed by atoms with Crippen LogP contribution in [0.3, 0.4) is 0 Å². The van der Waals surface area contributed by atoms with Crippen LogP contribution in [0.2, 0.25) is 15.1 Å². The second-order valence-electron chi connectivity index (χ2n) is 18.6. The largest absolute Gasteiger partial charge is 0.322 e. The van der Waals surface area contributed by atoms with Crippen LogP contribution in [0.25, 0.3) is 33.8 Å². The zero-order chi connectivity index (χ0) is 55.9. The molecule has 0 unspecified atom stereocenters. The summed E-state index contributed by atoms with van der Waals surface area (Å²) in [7, 11) is 0. The van der Waals surface area contributed by atoms with Gasteiger partial charge in [-0.2, -0.15) is 20.6 Å². The third-order valence-electron chi connectivity index (χ3n) is 13.6. The number of nitrogens with zero attached hydrogens (tertiary/aromatic N) is 7. The van der Waals surface area contributed by atoms with Crippen LogP contribution in [0.1, 0.15) is 39.3 Å². The molecule has 0 radical (unpaired) electrons. The molecule has 0 bridgehead atoms. The summed E-state index contributed by atoms with van der Waals surface area (Å²) >= 11 is 21.0. The number of anilines is 3. The predicted octanol–water partition coefficient (Wildman–Crippen LogP) is 13.9. The van der Waals surface area contributed by atoms with Crippen molar-refractivity contribution in [2.24, 2.45) is 0 Å². The molecular formula is C58H47BrCl3F2N13O3. The summed E-state index contributed by atoms with van der Waals surface area (Å²) in [6, 6.07) is 43.1. The molecule has 9 aromatic rings. The number of carbonyl (C=O) groups is 3. The SMILES string of the molecule is N#Cc1ccc(Cl)cc1NC(=O)N1CCc2[nH]nc(-c3ccccc3)c2C1.O=C(Nc1ccc(Br)c(Cl)c1)N1CCc2[nH]nc(-c3ccccc3)c2C1.O=C(Nc1ccc(F)c(Cl)c1F)N1CCc2[nH]nc(-c3ccccc3)c2C1. The second kappa shape index (κ2) is 24.6. The highest BCUT2D eigenvalue weighted by molar-refractivity contribution is 9.10. The Morgan fingerprint density at radius 1 is 0.550 bits per heavy atom. The summed E-state index contributed by atoms with van der Waals surface area (Å²) in [5, 5.41) is 40.3. The first kappa shape index (κ1) is 54.8. The van der Waals surface area contributed by atoms with Crippen molar-refractivity contribution in [2.75, 3.05) is 35.6 Å². The smallest absolute Gasteiger partial charge is 0.320 e. The zero-order valence-electron chi connectivity index (χ0n) is 42.3. The van der Waals surface area contributed by atoms with Crippen LogP contribution >= 0.6 is 50.7 Å². The fourth-order valence-corrected chi connectivity index (χ4v) is 10.2. The zero-order valence-corrected chi connectivity index (χ0v) is 46.1. The first-order chi connectivity index (χ1) is 38.8. The molecule has 0 atom stereocenters. The van der Waals surface area contributed by atoms with Gasteiger partial charge in [-0.3, -0.25) is 15.3 Å². The standard InChI is InChI=1S/C20H16ClN5O.C19H16BrClN4O.C19H15ClF2N4O/c21-15-7-6-14(11-22)18(10-15)23-20(27)26-9-8-17-16(12-26)19(25-24-17)13-4-2-1-3-5-13;20-15-7-6-13(10-16(15)21)22-19(26)25-9-8-17-14(11-25)18(24-23-17)12-4-2-1-3-5-12;20-16-13(21)6-7-15(17(16)22)23-19(27)26-9-8-14-12(10-26)18(25-24-14)11-4-2-1-3-5-11/h1-7,10H,8-9,12H2,(H,23,27)(H,24,25);1-7,10H,8-9,11H2,(H,22,26)(H,23,24);1-7H,8-10H2,(H,23,27)(H,24,25). The number of nitrogens with one attached hydrogen (secondary N) is 6.